The average Bonchev–Trinajstić information content (AvgIpc) is 2.84. The second kappa shape index (κ2) is 10.7. The summed E-state index contributed by atoms with van der Waals surface area (Å²) in [7, 11) is 1.47. The summed E-state index contributed by atoms with van der Waals surface area (Å²) >= 11 is 0. The van der Waals surface area contributed by atoms with Crippen molar-refractivity contribution in [2.24, 2.45) is 5.73 Å². The van der Waals surface area contributed by atoms with E-state index in [0.29, 0.717) is 11.4 Å². The smallest absolute Gasteiger partial charge is 0.383 e. The van der Waals surface area contributed by atoms with Gasteiger partial charge in [-0.05, 0) is 54.5 Å². The van der Waals surface area contributed by atoms with Crippen LogP contribution < -0.4 is 16.8 Å². The first-order chi connectivity index (χ1) is 16.5. The number of hydrogen-bond donors (Lipinski definition) is 3. The number of anilines is 1. The number of nitrogens with one attached hydrogen (secondary N) is 1. The van der Waals surface area contributed by atoms with Crippen molar-refractivity contribution < 1.29 is 22.8 Å². The topological polar surface area (TPSA) is 114 Å². The molecular weight excluding hydrogens is 459 g/mol. The van der Waals surface area contributed by atoms with Gasteiger partial charge in [-0.2, -0.15) is 13.2 Å². The van der Waals surface area contributed by atoms with E-state index in [1.807, 2.05) is 24.3 Å². The lowest BCUT2D eigenvalue weighted by molar-refractivity contribution is -0.139. The van der Waals surface area contributed by atoms with Crippen LogP contribution in [0.15, 0.2) is 54.7 Å². The van der Waals surface area contributed by atoms with Gasteiger partial charge in [-0.15, -0.1) is 0 Å². The van der Waals surface area contributed by atoms with Crippen LogP contribution in [0.25, 0.3) is 10.8 Å². The van der Waals surface area contributed by atoms with E-state index in [-0.39, 0.29) is 25.3 Å². The number of fused-ring (bicyclic) bond motifs is 1. The van der Waals surface area contributed by atoms with Gasteiger partial charge in [0.2, 0.25) is 11.8 Å². The molecule has 5 N–H and O–H groups in total. The largest absolute Gasteiger partial charge is 0.416 e. The lowest BCUT2D eigenvalue weighted by Crippen LogP contribution is -2.51. The van der Waals surface area contributed by atoms with Crippen LogP contribution in [0.5, 0.6) is 0 Å². The molecule has 0 saturated carbocycles. The number of likely N-dealkylation sites (N-methyl/N-ethyl adjacent to an activating group) is 1. The monoisotopic (exact) mass is 487 g/mol. The summed E-state index contributed by atoms with van der Waals surface area (Å²) in [6.07, 6.45) is -2.48. The summed E-state index contributed by atoms with van der Waals surface area (Å²) in [6.45, 7) is 1.84. The van der Waals surface area contributed by atoms with Gasteiger partial charge >= 0.3 is 6.18 Å². The van der Waals surface area contributed by atoms with Crippen molar-refractivity contribution in [3.05, 3.63) is 71.4 Å². The number of nitrogens with two attached hydrogens (primary N) is 2. The van der Waals surface area contributed by atoms with Crippen molar-refractivity contribution in [3.8, 4) is 0 Å². The molecular formula is C25H28F3N5O2. The van der Waals surface area contributed by atoms with Crippen LogP contribution in [0.3, 0.4) is 0 Å². The lowest BCUT2D eigenvalue weighted by atomic mass is 10.0. The fourth-order valence-electron chi connectivity index (χ4n) is 3.67. The number of rotatable bonds is 8. The van der Waals surface area contributed by atoms with Gasteiger partial charge in [-0.3, -0.25) is 9.59 Å². The van der Waals surface area contributed by atoms with Crippen LogP contribution in [-0.2, 0) is 28.7 Å². The zero-order valence-corrected chi connectivity index (χ0v) is 19.5. The van der Waals surface area contributed by atoms with Gasteiger partial charge in [0.05, 0.1) is 11.6 Å². The number of benzene rings is 2. The molecule has 186 valence electrons. The number of carbonyl (C=O) groups excluding carboxylic acids is 2. The fourth-order valence-corrected chi connectivity index (χ4v) is 3.67. The fraction of sp³-hybridized carbons (Fsp3) is 0.320. The van der Waals surface area contributed by atoms with Gasteiger partial charge in [0, 0.05) is 25.2 Å². The van der Waals surface area contributed by atoms with Crippen molar-refractivity contribution in [3.63, 3.8) is 0 Å². The van der Waals surface area contributed by atoms with E-state index in [1.54, 1.807) is 19.2 Å². The lowest BCUT2D eigenvalue weighted by Gasteiger charge is -2.27. The molecule has 0 aliphatic carbocycles. The minimum atomic E-state index is -4.44. The molecule has 0 bridgehead atoms. The van der Waals surface area contributed by atoms with Crippen molar-refractivity contribution in [1.29, 1.82) is 0 Å². The van der Waals surface area contributed by atoms with Crippen LogP contribution in [0.2, 0.25) is 0 Å². The van der Waals surface area contributed by atoms with Gasteiger partial charge in [-0.1, -0.05) is 30.3 Å². The number of hydrogen-bond acceptors (Lipinski definition) is 5. The number of carbonyl (C=O) groups is 2. The number of nitrogens with zero attached hydrogens (tertiary/aromatic N) is 2. The zero-order valence-electron chi connectivity index (χ0n) is 19.5. The Balaban J connectivity index is 1.53. The molecule has 3 rings (SSSR count). The molecule has 0 radical (unpaired) electrons. The molecule has 1 heterocycles. The van der Waals surface area contributed by atoms with E-state index in [1.165, 1.54) is 18.0 Å². The summed E-state index contributed by atoms with van der Waals surface area (Å²) in [6, 6.07) is 10.6. The second-order valence-corrected chi connectivity index (χ2v) is 8.44. The zero-order chi connectivity index (χ0) is 25.8. The number of pyridine rings is 1. The molecule has 10 heteroatoms. The second-order valence-electron chi connectivity index (χ2n) is 8.44. The highest BCUT2D eigenvalue weighted by Gasteiger charge is 2.30. The Kier molecular flexibility index (Phi) is 7.96. The van der Waals surface area contributed by atoms with Crippen LogP contribution in [0, 0.1) is 0 Å². The maximum atomic E-state index is 12.9. The summed E-state index contributed by atoms with van der Waals surface area (Å²) < 4.78 is 38.7. The third-order valence-electron chi connectivity index (χ3n) is 5.95. The van der Waals surface area contributed by atoms with Crippen LogP contribution in [0.4, 0.5) is 19.0 Å². The minimum absolute atomic E-state index is 0.147. The minimum Gasteiger partial charge on any atom is -0.383 e. The molecule has 7 nitrogen and oxygen atoms in total. The van der Waals surface area contributed by atoms with E-state index < -0.39 is 29.7 Å². The molecule has 0 saturated heterocycles. The quantitative estimate of drug-likeness (QED) is 0.451. The molecule has 0 fully saturated rings. The predicted molar refractivity (Wildman–Crippen MR) is 128 cm³/mol. The first-order valence-electron chi connectivity index (χ1n) is 11.1. The number of aryl methyl sites for hydroxylation is 1. The van der Waals surface area contributed by atoms with E-state index >= 15 is 0 Å². The number of alkyl halides is 3. The number of halogens is 3. The van der Waals surface area contributed by atoms with Gasteiger partial charge in [-0.25, -0.2) is 4.98 Å². The summed E-state index contributed by atoms with van der Waals surface area (Å²) in [5.74, 6) is -0.398. The molecule has 2 atom stereocenters. The van der Waals surface area contributed by atoms with Crippen LogP contribution >= 0.6 is 0 Å². The number of aromatic nitrogens is 1. The molecule has 2 aromatic carbocycles. The van der Waals surface area contributed by atoms with Crippen LogP contribution in [0.1, 0.15) is 30.0 Å². The summed E-state index contributed by atoms with van der Waals surface area (Å²) in [5, 5.41) is 4.52. The number of amides is 2. The Bertz CT molecular complexity index is 1220. The van der Waals surface area contributed by atoms with Crippen molar-refractivity contribution in [2.75, 3.05) is 12.8 Å². The van der Waals surface area contributed by atoms with Gasteiger partial charge in [0.25, 0.3) is 0 Å². The maximum absolute atomic E-state index is 12.9. The highest BCUT2D eigenvalue weighted by Crippen LogP contribution is 2.29. The van der Waals surface area contributed by atoms with Gasteiger partial charge in [0.15, 0.2) is 0 Å². The first-order valence-corrected chi connectivity index (χ1v) is 11.1. The van der Waals surface area contributed by atoms with Gasteiger partial charge in [0.1, 0.15) is 11.9 Å². The van der Waals surface area contributed by atoms with Crippen LogP contribution in [-0.4, -0.2) is 40.8 Å². The van der Waals surface area contributed by atoms with Crippen molar-refractivity contribution >= 4 is 28.4 Å². The van der Waals surface area contributed by atoms with E-state index in [9.17, 15) is 22.8 Å². The molecule has 0 aliphatic heterocycles. The molecule has 2 unspecified atom stereocenters. The summed E-state index contributed by atoms with van der Waals surface area (Å²) in [5.41, 5.74) is 12.4. The first kappa shape index (κ1) is 26.0. The Morgan fingerprint density at radius 3 is 2.57 bits per heavy atom. The molecule has 2 amide bonds. The predicted octanol–water partition coefficient (Wildman–Crippen LogP) is 3.26. The Morgan fingerprint density at radius 2 is 1.86 bits per heavy atom. The molecule has 35 heavy (non-hydrogen) atoms. The normalized spacial score (nSPS) is 13.3. The third kappa shape index (κ3) is 6.48. The van der Waals surface area contributed by atoms with E-state index in [2.05, 4.69) is 10.3 Å². The third-order valence-corrected chi connectivity index (χ3v) is 5.95. The maximum Gasteiger partial charge on any atom is 0.416 e. The van der Waals surface area contributed by atoms with Gasteiger partial charge < -0.3 is 21.7 Å². The van der Waals surface area contributed by atoms with Crippen molar-refractivity contribution in [1.82, 2.24) is 15.2 Å². The molecule has 3 aromatic rings. The van der Waals surface area contributed by atoms with Crippen molar-refractivity contribution in [2.45, 2.75) is 44.6 Å². The standard InChI is InChI=1S/C25H28F3N5O2/c1-15(23(34)32-14-17-6-8-20-18(12-17)10-11-31-22(20)30)33(2)24(35)21(29)9-7-16-4-3-5-19(13-16)25(26,27)28/h3-6,8,10-13,15,21H,7,9,14,29H2,1-2H3,(H2,30,31)(H,32,34). The average molecular weight is 488 g/mol. The highest BCUT2D eigenvalue weighted by atomic mass is 19.4. The summed E-state index contributed by atoms with van der Waals surface area (Å²) in [4.78, 5) is 30.6. The Hall–Kier alpha value is -3.66. The highest BCUT2D eigenvalue weighted by molar-refractivity contribution is 5.91. The number of nitrogen functional groups attached to an aromatic ring is 1. The van der Waals surface area contributed by atoms with E-state index in [0.717, 1.165) is 28.5 Å². The Labute approximate surface area is 201 Å². The Morgan fingerprint density at radius 1 is 1.11 bits per heavy atom. The van der Waals surface area contributed by atoms with E-state index in [4.69, 9.17) is 11.5 Å². The SMILES string of the molecule is CC(C(=O)NCc1ccc2c(N)nccc2c1)N(C)C(=O)C(N)CCc1cccc(C(F)(F)F)c1. The molecule has 1 aromatic heterocycles. The molecule has 0 spiro atoms. The molecule has 0 aliphatic rings.